The Balaban J connectivity index is 1.60. The molecule has 3 aromatic rings. The number of hydrogen-bond acceptors (Lipinski definition) is 3. The van der Waals surface area contributed by atoms with Crippen LogP contribution in [0.3, 0.4) is 0 Å². The Kier molecular flexibility index (Phi) is 7.42. The quantitative estimate of drug-likeness (QED) is 0.566. The summed E-state index contributed by atoms with van der Waals surface area (Å²) in [4.78, 5) is 26.8. The maximum Gasteiger partial charge on any atom is 0.243 e. The standard InChI is InChI=1S/C26H31N3O2/c1-5-20-11-7-9-16-24(20)28-25(30)17-29(4)26(31)19(3)27-18(2)22-15-10-13-21-12-6-8-14-23(21)22/h6-16,18-19,27H,5,17H2,1-4H3,(H,28,30). The van der Waals surface area contributed by atoms with E-state index in [1.807, 2.05) is 56.3 Å². The summed E-state index contributed by atoms with van der Waals surface area (Å²) >= 11 is 0. The van der Waals surface area contributed by atoms with Crippen molar-refractivity contribution >= 4 is 28.3 Å². The van der Waals surface area contributed by atoms with Gasteiger partial charge in [0.2, 0.25) is 11.8 Å². The number of nitrogens with one attached hydrogen (secondary N) is 2. The molecule has 0 aliphatic rings. The van der Waals surface area contributed by atoms with E-state index in [1.54, 1.807) is 7.05 Å². The summed E-state index contributed by atoms with van der Waals surface area (Å²) in [7, 11) is 1.66. The van der Waals surface area contributed by atoms with Gasteiger partial charge in [0, 0.05) is 18.8 Å². The van der Waals surface area contributed by atoms with Crippen molar-refractivity contribution in [2.45, 2.75) is 39.3 Å². The van der Waals surface area contributed by atoms with Gasteiger partial charge in [-0.1, -0.05) is 67.6 Å². The van der Waals surface area contributed by atoms with Crippen molar-refractivity contribution in [1.82, 2.24) is 10.2 Å². The number of carbonyl (C=O) groups excluding carboxylic acids is 2. The molecule has 2 atom stereocenters. The zero-order chi connectivity index (χ0) is 22.4. The van der Waals surface area contributed by atoms with E-state index < -0.39 is 6.04 Å². The summed E-state index contributed by atoms with van der Waals surface area (Å²) in [5.41, 5.74) is 3.02. The highest BCUT2D eigenvalue weighted by molar-refractivity contribution is 5.95. The van der Waals surface area contributed by atoms with Crippen LogP contribution in [0.1, 0.15) is 37.9 Å². The molecule has 3 rings (SSSR count). The fourth-order valence-corrected chi connectivity index (χ4v) is 3.93. The number of fused-ring (bicyclic) bond motifs is 1. The van der Waals surface area contributed by atoms with E-state index in [1.165, 1.54) is 15.7 Å². The molecule has 162 valence electrons. The number of anilines is 1. The normalized spacial score (nSPS) is 12.9. The molecule has 2 N–H and O–H groups in total. The first-order chi connectivity index (χ1) is 14.9. The number of aryl methyl sites for hydroxylation is 1. The third-order valence-electron chi connectivity index (χ3n) is 5.59. The van der Waals surface area contributed by atoms with Gasteiger partial charge in [0.05, 0.1) is 12.6 Å². The second-order valence-corrected chi connectivity index (χ2v) is 7.93. The molecule has 0 bridgehead atoms. The van der Waals surface area contributed by atoms with Gasteiger partial charge in [-0.25, -0.2) is 0 Å². The lowest BCUT2D eigenvalue weighted by atomic mass is 9.99. The molecule has 0 radical (unpaired) electrons. The fraction of sp³-hybridized carbons (Fsp3) is 0.308. The second kappa shape index (κ2) is 10.2. The molecule has 2 amide bonds. The second-order valence-electron chi connectivity index (χ2n) is 7.93. The maximum atomic E-state index is 12.9. The molecule has 0 fully saturated rings. The molecule has 5 heteroatoms. The summed E-state index contributed by atoms with van der Waals surface area (Å²) in [6, 6.07) is 21.7. The monoisotopic (exact) mass is 417 g/mol. The van der Waals surface area contributed by atoms with E-state index in [4.69, 9.17) is 0 Å². The van der Waals surface area contributed by atoms with Gasteiger partial charge in [-0.05, 0) is 48.2 Å². The van der Waals surface area contributed by atoms with Crippen molar-refractivity contribution in [3.8, 4) is 0 Å². The summed E-state index contributed by atoms with van der Waals surface area (Å²) < 4.78 is 0. The lowest BCUT2D eigenvalue weighted by Crippen LogP contribution is -2.46. The van der Waals surface area contributed by atoms with Crippen molar-refractivity contribution < 1.29 is 9.59 Å². The third-order valence-corrected chi connectivity index (χ3v) is 5.59. The van der Waals surface area contributed by atoms with Gasteiger partial charge in [-0.2, -0.15) is 0 Å². The topological polar surface area (TPSA) is 61.4 Å². The number of carbonyl (C=O) groups is 2. The van der Waals surface area contributed by atoms with Crippen LogP contribution in [-0.2, 0) is 16.0 Å². The SMILES string of the molecule is CCc1ccccc1NC(=O)CN(C)C(=O)C(C)NC(C)c1cccc2ccccc12. The van der Waals surface area contributed by atoms with Crippen molar-refractivity contribution in [3.05, 3.63) is 77.9 Å². The fourth-order valence-electron chi connectivity index (χ4n) is 3.93. The van der Waals surface area contributed by atoms with Gasteiger partial charge in [0.25, 0.3) is 0 Å². The van der Waals surface area contributed by atoms with Crippen molar-refractivity contribution in [2.75, 3.05) is 18.9 Å². The molecule has 5 nitrogen and oxygen atoms in total. The van der Waals surface area contributed by atoms with Crippen molar-refractivity contribution in [3.63, 3.8) is 0 Å². The minimum atomic E-state index is -0.422. The average Bonchev–Trinajstić information content (AvgIpc) is 2.78. The summed E-state index contributed by atoms with van der Waals surface area (Å²) in [6.07, 6.45) is 0.832. The van der Waals surface area contributed by atoms with Gasteiger partial charge in [-0.15, -0.1) is 0 Å². The Morgan fingerprint density at radius 3 is 2.39 bits per heavy atom. The first kappa shape index (κ1) is 22.5. The highest BCUT2D eigenvalue weighted by Crippen LogP contribution is 2.24. The molecule has 31 heavy (non-hydrogen) atoms. The maximum absolute atomic E-state index is 12.9. The van der Waals surface area contributed by atoms with Crippen LogP contribution < -0.4 is 10.6 Å². The zero-order valence-corrected chi connectivity index (χ0v) is 18.7. The number of hydrogen-bond donors (Lipinski definition) is 2. The van der Waals surface area contributed by atoms with Crippen LogP contribution in [0.4, 0.5) is 5.69 Å². The van der Waals surface area contributed by atoms with E-state index in [9.17, 15) is 9.59 Å². The lowest BCUT2D eigenvalue weighted by Gasteiger charge is -2.25. The van der Waals surface area contributed by atoms with E-state index in [2.05, 4.69) is 41.8 Å². The zero-order valence-electron chi connectivity index (χ0n) is 18.7. The van der Waals surface area contributed by atoms with Gasteiger partial charge >= 0.3 is 0 Å². The third kappa shape index (κ3) is 5.50. The Hall–Kier alpha value is -3.18. The van der Waals surface area contributed by atoms with Gasteiger partial charge in [0.15, 0.2) is 0 Å². The first-order valence-corrected chi connectivity index (χ1v) is 10.8. The largest absolute Gasteiger partial charge is 0.335 e. The number of nitrogens with zero attached hydrogens (tertiary/aromatic N) is 1. The number of likely N-dealkylation sites (N-methyl/N-ethyl adjacent to an activating group) is 1. The minimum Gasteiger partial charge on any atom is -0.335 e. The molecule has 2 unspecified atom stereocenters. The number of para-hydroxylation sites is 1. The Labute approximate surface area is 184 Å². The van der Waals surface area contributed by atoms with Crippen molar-refractivity contribution in [1.29, 1.82) is 0 Å². The molecule has 0 aliphatic heterocycles. The number of benzene rings is 3. The molecular weight excluding hydrogens is 386 g/mol. The van der Waals surface area contributed by atoms with E-state index in [0.29, 0.717) is 0 Å². The van der Waals surface area contributed by atoms with Crippen molar-refractivity contribution in [2.24, 2.45) is 0 Å². The molecule has 0 spiro atoms. The molecule has 0 heterocycles. The van der Waals surface area contributed by atoms with Crippen LogP contribution >= 0.6 is 0 Å². The highest BCUT2D eigenvalue weighted by Gasteiger charge is 2.22. The van der Waals surface area contributed by atoms with Crippen LogP contribution in [0.15, 0.2) is 66.7 Å². The minimum absolute atomic E-state index is 0.00551. The van der Waals surface area contributed by atoms with E-state index in [0.717, 1.165) is 23.2 Å². The molecule has 3 aromatic carbocycles. The van der Waals surface area contributed by atoms with Crippen LogP contribution in [0.2, 0.25) is 0 Å². The van der Waals surface area contributed by atoms with Crippen LogP contribution in [0.5, 0.6) is 0 Å². The Bertz CT molecular complexity index is 1060. The van der Waals surface area contributed by atoms with Gasteiger partial charge < -0.3 is 10.2 Å². The number of rotatable bonds is 8. The first-order valence-electron chi connectivity index (χ1n) is 10.8. The van der Waals surface area contributed by atoms with Gasteiger partial charge in [-0.3, -0.25) is 14.9 Å². The lowest BCUT2D eigenvalue weighted by molar-refractivity contribution is -0.135. The van der Waals surface area contributed by atoms with Crippen LogP contribution in [-0.4, -0.2) is 36.3 Å². The average molecular weight is 418 g/mol. The van der Waals surface area contributed by atoms with Gasteiger partial charge in [0.1, 0.15) is 0 Å². The molecule has 0 aliphatic carbocycles. The molecule has 0 aromatic heterocycles. The van der Waals surface area contributed by atoms with Crippen LogP contribution in [0, 0.1) is 0 Å². The predicted octanol–water partition coefficient (Wildman–Crippen LogP) is 4.54. The Morgan fingerprint density at radius 2 is 1.61 bits per heavy atom. The summed E-state index contributed by atoms with van der Waals surface area (Å²) in [5, 5.41) is 8.65. The predicted molar refractivity (Wildman–Crippen MR) is 127 cm³/mol. The summed E-state index contributed by atoms with van der Waals surface area (Å²) in [5.74, 6) is -0.322. The number of amides is 2. The summed E-state index contributed by atoms with van der Waals surface area (Å²) in [6.45, 7) is 5.95. The molecule has 0 saturated carbocycles. The highest BCUT2D eigenvalue weighted by atomic mass is 16.2. The van der Waals surface area contributed by atoms with E-state index >= 15 is 0 Å². The molecular formula is C26H31N3O2. The molecule has 0 saturated heterocycles. The van der Waals surface area contributed by atoms with E-state index in [-0.39, 0.29) is 24.4 Å². The smallest absolute Gasteiger partial charge is 0.243 e. The Morgan fingerprint density at radius 1 is 0.935 bits per heavy atom. The van der Waals surface area contributed by atoms with Crippen LogP contribution in [0.25, 0.3) is 10.8 Å².